The van der Waals surface area contributed by atoms with Gasteiger partial charge in [0.25, 0.3) is 0 Å². The van der Waals surface area contributed by atoms with E-state index in [1.54, 1.807) is 0 Å². The number of fused-ring (bicyclic) bond motifs is 1. The Morgan fingerprint density at radius 3 is 2.50 bits per heavy atom. The molecule has 0 saturated carbocycles. The van der Waals surface area contributed by atoms with E-state index in [2.05, 4.69) is 26.2 Å². The fourth-order valence-electron chi connectivity index (χ4n) is 1.64. The van der Waals surface area contributed by atoms with Crippen LogP contribution in [0.5, 0.6) is 0 Å². The van der Waals surface area contributed by atoms with Crippen molar-refractivity contribution in [2.45, 2.75) is 0 Å². The topological polar surface area (TPSA) is 30.7 Å². The van der Waals surface area contributed by atoms with Crippen LogP contribution in [-0.4, -0.2) is 15.0 Å². The summed E-state index contributed by atoms with van der Waals surface area (Å²) < 4.78 is 2.89. The van der Waals surface area contributed by atoms with Gasteiger partial charge in [-0.2, -0.15) is 0 Å². The van der Waals surface area contributed by atoms with Gasteiger partial charge in [0, 0.05) is 4.47 Å². The molecule has 0 spiro atoms. The van der Waals surface area contributed by atoms with Gasteiger partial charge in [0.1, 0.15) is 5.52 Å². The average Bonchev–Trinajstić information content (AvgIpc) is 2.74. The minimum absolute atomic E-state index is 0.908. The third-order valence-corrected chi connectivity index (χ3v) is 2.95. The highest BCUT2D eigenvalue weighted by Crippen LogP contribution is 2.17. The van der Waals surface area contributed by atoms with Gasteiger partial charge in [-0.15, -0.1) is 5.10 Å². The number of hydrogen-bond acceptors (Lipinski definition) is 2. The summed E-state index contributed by atoms with van der Waals surface area (Å²) >= 11 is 3.41. The number of benzene rings is 2. The lowest BCUT2D eigenvalue weighted by Gasteiger charge is -2.01. The van der Waals surface area contributed by atoms with Crippen molar-refractivity contribution in [3.8, 4) is 5.69 Å². The van der Waals surface area contributed by atoms with Crippen molar-refractivity contribution < 1.29 is 0 Å². The number of halogens is 1. The Morgan fingerprint density at radius 1 is 0.938 bits per heavy atom. The van der Waals surface area contributed by atoms with E-state index in [1.165, 1.54) is 0 Å². The van der Waals surface area contributed by atoms with E-state index < -0.39 is 0 Å². The van der Waals surface area contributed by atoms with Gasteiger partial charge in [0.2, 0.25) is 0 Å². The molecule has 4 heteroatoms. The molecule has 0 amide bonds. The lowest BCUT2D eigenvalue weighted by Crippen LogP contribution is -1.95. The van der Waals surface area contributed by atoms with Crippen molar-refractivity contribution >= 4 is 27.0 Å². The lowest BCUT2D eigenvalue weighted by atomic mass is 10.3. The molecule has 0 aliphatic carbocycles. The van der Waals surface area contributed by atoms with E-state index in [9.17, 15) is 0 Å². The molecule has 0 unspecified atom stereocenters. The van der Waals surface area contributed by atoms with Gasteiger partial charge in [-0.1, -0.05) is 33.3 Å². The van der Waals surface area contributed by atoms with Crippen molar-refractivity contribution in [2.24, 2.45) is 0 Å². The Kier molecular flexibility index (Phi) is 2.22. The van der Waals surface area contributed by atoms with Crippen molar-refractivity contribution in [3.05, 3.63) is 53.0 Å². The Bertz CT molecular complexity index is 628. The summed E-state index contributed by atoms with van der Waals surface area (Å²) in [6.45, 7) is 0. The first-order valence-electron chi connectivity index (χ1n) is 4.91. The highest BCUT2D eigenvalue weighted by atomic mass is 79.9. The molecule has 1 heterocycles. The normalized spacial score (nSPS) is 10.8. The number of nitrogens with zero attached hydrogens (tertiary/aromatic N) is 3. The van der Waals surface area contributed by atoms with Gasteiger partial charge in [0.05, 0.1) is 11.2 Å². The lowest BCUT2D eigenvalue weighted by molar-refractivity contribution is 0.824. The first kappa shape index (κ1) is 9.54. The molecular weight excluding hydrogens is 266 g/mol. The SMILES string of the molecule is Brc1ccc(-n2nnc3ccccc32)cc1. The first-order valence-corrected chi connectivity index (χ1v) is 5.70. The van der Waals surface area contributed by atoms with Gasteiger partial charge < -0.3 is 0 Å². The summed E-state index contributed by atoms with van der Waals surface area (Å²) in [5.74, 6) is 0. The molecule has 0 atom stereocenters. The van der Waals surface area contributed by atoms with Crippen LogP contribution in [0.4, 0.5) is 0 Å². The van der Waals surface area contributed by atoms with Crippen LogP contribution in [0.15, 0.2) is 53.0 Å². The highest BCUT2D eigenvalue weighted by Gasteiger charge is 2.04. The summed E-state index contributed by atoms with van der Waals surface area (Å²) in [6.07, 6.45) is 0. The second kappa shape index (κ2) is 3.72. The monoisotopic (exact) mass is 273 g/mol. The fourth-order valence-corrected chi connectivity index (χ4v) is 1.91. The molecule has 1 aromatic heterocycles. The van der Waals surface area contributed by atoms with E-state index in [4.69, 9.17) is 0 Å². The van der Waals surface area contributed by atoms with E-state index in [-0.39, 0.29) is 0 Å². The Labute approximate surface area is 101 Å². The smallest absolute Gasteiger partial charge is 0.113 e. The van der Waals surface area contributed by atoms with Gasteiger partial charge >= 0.3 is 0 Å². The standard InChI is InChI=1S/C12H8BrN3/c13-9-5-7-10(8-6-9)16-12-4-2-1-3-11(12)14-15-16/h1-8H. The van der Waals surface area contributed by atoms with Crippen molar-refractivity contribution in [1.82, 2.24) is 15.0 Å². The van der Waals surface area contributed by atoms with Crippen LogP contribution in [0.3, 0.4) is 0 Å². The molecule has 0 radical (unpaired) electrons. The van der Waals surface area contributed by atoms with Crippen LogP contribution in [0.2, 0.25) is 0 Å². The molecule has 3 aromatic rings. The zero-order chi connectivity index (χ0) is 11.0. The highest BCUT2D eigenvalue weighted by molar-refractivity contribution is 9.10. The minimum Gasteiger partial charge on any atom is -0.213 e. The Hall–Kier alpha value is -1.68. The molecule has 0 N–H and O–H groups in total. The zero-order valence-corrected chi connectivity index (χ0v) is 9.92. The van der Waals surface area contributed by atoms with E-state index in [0.29, 0.717) is 0 Å². The van der Waals surface area contributed by atoms with Gasteiger partial charge in [0.15, 0.2) is 0 Å². The van der Waals surface area contributed by atoms with E-state index in [0.717, 1.165) is 21.2 Å². The molecule has 0 bridgehead atoms. The number of hydrogen-bond donors (Lipinski definition) is 0. The van der Waals surface area contributed by atoms with Crippen LogP contribution in [0.25, 0.3) is 16.7 Å². The predicted molar refractivity (Wildman–Crippen MR) is 66.6 cm³/mol. The molecular formula is C12H8BrN3. The summed E-state index contributed by atoms with van der Waals surface area (Å²) in [5, 5.41) is 8.27. The third kappa shape index (κ3) is 1.51. The maximum absolute atomic E-state index is 4.15. The number of aromatic nitrogens is 3. The molecule has 0 aliphatic heterocycles. The predicted octanol–water partition coefficient (Wildman–Crippen LogP) is 3.18. The largest absolute Gasteiger partial charge is 0.213 e. The van der Waals surface area contributed by atoms with E-state index >= 15 is 0 Å². The Morgan fingerprint density at radius 2 is 1.69 bits per heavy atom. The Balaban J connectivity index is 2.22. The molecule has 3 nitrogen and oxygen atoms in total. The second-order valence-electron chi connectivity index (χ2n) is 3.47. The summed E-state index contributed by atoms with van der Waals surface area (Å²) in [5.41, 5.74) is 2.94. The van der Waals surface area contributed by atoms with Crippen LogP contribution < -0.4 is 0 Å². The maximum Gasteiger partial charge on any atom is 0.113 e. The first-order chi connectivity index (χ1) is 7.84. The van der Waals surface area contributed by atoms with Crippen molar-refractivity contribution in [3.63, 3.8) is 0 Å². The number of para-hydroxylation sites is 1. The number of rotatable bonds is 1. The van der Waals surface area contributed by atoms with Crippen LogP contribution >= 0.6 is 15.9 Å². The van der Waals surface area contributed by atoms with Gasteiger partial charge in [-0.05, 0) is 36.4 Å². The van der Waals surface area contributed by atoms with Crippen LogP contribution in [0.1, 0.15) is 0 Å². The van der Waals surface area contributed by atoms with Crippen molar-refractivity contribution in [2.75, 3.05) is 0 Å². The fraction of sp³-hybridized carbons (Fsp3) is 0. The molecule has 16 heavy (non-hydrogen) atoms. The van der Waals surface area contributed by atoms with Crippen molar-refractivity contribution in [1.29, 1.82) is 0 Å². The van der Waals surface area contributed by atoms with E-state index in [1.807, 2.05) is 53.2 Å². The van der Waals surface area contributed by atoms with Gasteiger partial charge in [-0.3, -0.25) is 0 Å². The second-order valence-corrected chi connectivity index (χ2v) is 4.38. The molecule has 0 saturated heterocycles. The molecule has 0 aliphatic rings. The van der Waals surface area contributed by atoms with Gasteiger partial charge in [-0.25, -0.2) is 4.68 Å². The third-order valence-electron chi connectivity index (χ3n) is 2.42. The quantitative estimate of drug-likeness (QED) is 0.682. The maximum atomic E-state index is 4.15. The minimum atomic E-state index is 0.908. The molecule has 3 rings (SSSR count). The summed E-state index contributed by atoms with van der Waals surface area (Å²) in [7, 11) is 0. The molecule has 2 aromatic carbocycles. The zero-order valence-electron chi connectivity index (χ0n) is 8.34. The summed E-state index contributed by atoms with van der Waals surface area (Å²) in [4.78, 5) is 0. The van der Waals surface area contributed by atoms with Crippen LogP contribution in [0, 0.1) is 0 Å². The molecule has 0 fully saturated rings. The average molecular weight is 274 g/mol. The molecule has 78 valence electrons. The summed E-state index contributed by atoms with van der Waals surface area (Å²) in [6, 6.07) is 15.9. The van der Waals surface area contributed by atoms with Crippen LogP contribution in [-0.2, 0) is 0 Å².